The fourth-order valence-corrected chi connectivity index (χ4v) is 2.57. The molecule has 7 heteroatoms. The number of aliphatic carboxylic acids is 1. The molecule has 2 aromatic carbocycles. The van der Waals surface area contributed by atoms with Crippen molar-refractivity contribution in [3.63, 3.8) is 0 Å². The summed E-state index contributed by atoms with van der Waals surface area (Å²) in [6.07, 6.45) is -4.87. The van der Waals surface area contributed by atoms with Gasteiger partial charge in [-0.25, -0.2) is 0 Å². The number of ketones is 1. The van der Waals surface area contributed by atoms with Gasteiger partial charge in [0.2, 0.25) is 0 Å². The molecule has 0 aliphatic heterocycles. The maximum atomic E-state index is 12.6. The molecule has 0 aliphatic rings. The van der Waals surface area contributed by atoms with E-state index in [-0.39, 0.29) is 18.4 Å². The topological polar surface area (TPSA) is 54.4 Å². The molecule has 0 bridgehead atoms. The molecule has 0 spiro atoms. The average molecular weight is 371 g/mol. The lowest BCUT2D eigenvalue weighted by atomic mass is 9.89. The minimum Gasteiger partial charge on any atom is -0.481 e. The lowest BCUT2D eigenvalue weighted by molar-refractivity contribution is -0.138. The van der Waals surface area contributed by atoms with Gasteiger partial charge in [0.25, 0.3) is 0 Å². The Morgan fingerprint density at radius 3 is 2.00 bits per heavy atom. The van der Waals surface area contributed by atoms with E-state index in [0.717, 1.165) is 24.3 Å². The van der Waals surface area contributed by atoms with Crippen molar-refractivity contribution in [1.29, 1.82) is 0 Å². The first-order valence-corrected chi connectivity index (χ1v) is 7.72. The van der Waals surface area contributed by atoms with Crippen LogP contribution in [-0.4, -0.2) is 16.9 Å². The first-order chi connectivity index (χ1) is 11.7. The van der Waals surface area contributed by atoms with E-state index in [1.165, 1.54) is 0 Å². The molecule has 0 aliphatic carbocycles. The van der Waals surface area contributed by atoms with Crippen molar-refractivity contribution in [2.24, 2.45) is 0 Å². The molecule has 0 amide bonds. The highest BCUT2D eigenvalue weighted by Gasteiger charge is 2.30. The molecule has 0 saturated carbocycles. The van der Waals surface area contributed by atoms with Gasteiger partial charge in [-0.1, -0.05) is 35.9 Å². The van der Waals surface area contributed by atoms with Crippen LogP contribution in [0.25, 0.3) is 0 Å². The molecule has 1 N–H and O–H groups in total. The Labute approximate surface area is 147 Å². The van der Waals surface area contributed by atoms with Gasteiger partial charge in [0.15, 0.2) is 5.78 Å². The number of alkyl halides is 3. The number of hydrogen-bond donors (Lipinski definition) is 1. The van der Waals surface area contributed by atoms with Crippen LogP contribution in [0, 0.1) is 0 Å². The minimum atomic E-state index is -4.48. The van der Waals surface area contributed by atoms with Crippen LogP contribution in [0.15, 0.2) is 48.5 Å². The first-order valence-electron chi connectivity index (χ1n) is 7.34. The first kappa shape index (κ1) is 19.0. The smallest absolute Gasteiger partial charge is 0.416 e. The summed E-state index contributed by atoms with van der Waals surface area (Å²) in [5, 5.41) is 9.53. The van der Waals surface area contributed by atoms with Crippen LogP contribution < -0.4 is 0 Å². The fourth-order valence-electron chi connectivity index (χ4n) is 2.44. The van der Waals surface area contributed by atoms with E-state index in [1.807, 2.05) is 0 Å². The summed E-state index contributed by atoms with van der Waals surface area (Å²) < 4.78 is 37.7. The van der Waals surface area contributed by atoms with E-state index in [2.05, 4.69) is 0 Å². The predicted molar refractivity (Wildman–Crippen MR) is 86.8 cm³/mol. The van der Waals surface area contributed by atoms with Crippen molar-refractivity contribution in [1.82, 2.24) is 0 Å². The van der Waals surface area contributed by atoms with Gasteiger partial charge in [-0.2, -0.15) is 13.2 Å². The van der Waals surface area contributed by atoms with Gasteiger partial charge in [0.05, 0.1) is 12.0 Å². The number of benzene rings is 2. The van der Waals surface area contributed by atoms with Gasteiger partial charge in [-0.15, -0.1) is 0 Å². The molecule has 2 aromatic rings. The van der Waals surface area contributed by atoms with Crippen LogP contribution >= 0.6 is 11.6 Å². The maximum Gasteiger partial charge on any atom is 0.416 e. The highest BCUT2D eigenvalue weighted by Crippen LogP contribution is 2.30. The van der Waals surface area contributed by atoms with Crippen molar-refractivity contribution in [3.8, 4) is 0 Å². The van der Waals surface area contributed by atoms with Gasteiger partial charge < -0.3 is 5.11 Å². The minimum absolute atomic E-state index is 0.109. The molecule has 3 nitrogen and oxygen atoms in total. The van der Waals surface area contributed by atoms with Gasteiger partial charge in [-0.3, -0.25) is 9.59 Å². The number of rotatable bonds is 6. The van der Waals surface area contributed by atoms with E-state index >= 15 is 0 Å². The second-order valence-electron chi connectivity index (χ2n) is 5.55. The van der Waals surface area contributed by atoms with Gasteiger partial charge in [-0.05, 0) is 29.8 Å². The molecule has 1 atom stereocenters. The van der Waals surface area contributed by atoms with Gasteiger partial charge in [0, 0.05) is 22.9 Å². The van der Waals surface area contributed by atoms with E-state index < -0.39 is 29.4 Å². The van der Waals surface area contributed by atoms with Crippen LogP contribution in [0.2, 0.25) is 5.02 Å². The molecule has 0 fully saturated rings. The molecule has 25 heavy (non-hydrogen) atoms. The lowest BCUT2D eigenvalue weighted by Gasteiger charge is -2.15. The summed E-state index contributed by atoms with van der Waals surface area (Å²) in [4.78, 5) is 23.4. The Morgan fingerprint density at radius 1 is 0.960 bits per heavy atom. The monoisotopic (exact) mass is 370 g/mol. The van der Waals surface area contributed by atoms with Crippen LogP contribution in [-0.2, 0) is 11.0 Å². The molecular weight excluding hydrogens is 357 g/mol. The quantitative estimate of drug-likeness (QED) is 0.712. The zero-order chi connectivity index (χ0) is 18.6. The average Bonchev–Trinajstić information content (AvgIpc) is 2.54. The number of carbonyl (C=O) groups excluding carboxylic acids is 1. The van der Waals surface area contributed by atoms with Crippen molar-refractivity contribution in [2.75, 3.05) is 0 Å². The highest BCUT2D eigenvalue weighted by molar-refractivity contribution is 6.30. The molecule has 132 valence electrons. The van der Waals surface area contributed by atoms with Gasteiger partial charge in [0.1, 0.15) is 0 Å². The largest absolute Gasteiger partial charge is 0.481 e. The van der Waals surface area contributed by atoms with E-state index in [9.17, 15) is 22.8 Å². The number of halogens is 4. The number of hydrogen-bond acceptors (Lipinski definition) is 2. The Bertz CT molecular complexity index is 753. The highest BCUT2D eigenvalue weighted by atomic mass is 35.5. The fraction of sp³-hybridized carbons (Fsp3) is 0.222. The number of Topliss-reactive ketones (excluding diaryl/α,β-unsaturated/α-hetero) is 1. The summed E-state index contributed by atoms with van der Waals surface area (Å²) in [7, 11) is 0. The standard InChI is InChI=1S/C18H14ClF3O3/c19-15-7-3-11(4-8-15)13(10-17(24)25)9-16(23)12-1-5-14(6-2-12)18(20,21)22/h1-8,13H,9-10H2,(H,24,25). The summed E-state index contributed by atoms with van der Waals surface area (Å²) in [6, 6.07) is 10.3. The number of carboxylic acids is 1. The molecule has 1 unspecified atom stereocenters. The zero-order valence-corrected chi connectivity index (χ0v) is 13.6. The summed E-state index contributed by atoms with van der Waals surface area (Å²) in [6.45, 7) is 0. The van der Waals surface area contributed by atoms with E-state index in [0.29, 0.717) is 10.6 Å². The molecule has 2 rings (SSSR count). The summed E-state index contributed by atoms with van der Waals surface area (Å²) in [5.41, 5.74) is -0.103. The zero-order valence-electron chi connectivity index (χ0n) is 12.9. The van der Waals surface area contributed by atoms with Crippen molar-refractivity contribution in [2.45, 2.75) is 24.9 Å². The Balaban J connectivity index is 2.19. The van der Waals surface area contributed by atoms with Crippen LogP contribution in [0.5, 0.6) is 0 Å². The molecular formula is C18H14ClF3O3. The molecule has 0 radical (unpaired) electrons. The molecule has 0 saturated heterocycles. The van der Waals surface area contributed by atoms with Crippen molar-refractivity contribution >= 4 is 23.4 Å². The Morgan fingerprint density at radius 2 is 1.52 bits per heavy atom. The maximum absolute atomic E-state index is 12.6. The van der Waals surface area contributed by atoms with Crippen molar-refractivity contribution < 1.29 is 27.9 Å². The van der Waals surface area contributed by atoms with Gasteiger partial charge >= 0.3 is 12.1 Å². The predicted octanol–water partition coefficient (Wildman–Crippen LogP) is 5.19. The third-order valence-electron chi connectivity index (χ3n) is 3.73. The number of carbonyl (C=O) groups is 2. The summed E-state index contributed by atoms with van der Waals surface area (Å²) >= 11 is 5.80. The lowest BCUT2D eigenvalue weighted by Crippen LogP contribution is -2.12. The summed E-state index contributed by atoms with van der Waals surface area (Å²) in [5.74, 6) is -2.08. The normalized spacial score (nSPS) is 12.6. The third-order valence-corrected chi connectivity index (χ3v) is 3.98. The number of carboxylic acid groups (broad SMARTS) is 1. The van der Waals surface area contributed by atoms with Crippen molar-refractivity contribution in [3.05, 3.63) is 70.2 Å². The molecule has 0 heterocycles. The van der Waals surface area contributed by atoms with Crippen LogP contribution in [0.4, 0.5) is 13.2 Å². The molecule has 0 aromatic heterocycles. The van der Waals surface area contributed by atoms with E-state index in [1.54, 1.807) is 24.3 Å². The third kappa shape index (κ3) is 5.32. The second-order valence-corrected chi connectivity index (χ2v) is 5.99. The SMILES string of the molecule is O=C(O)CC(CC(=O)c1ccc(C(F)(F)F)cc1)c1ccc(Cl)cc1. The Kier molecular flexibility index (Phi) is 5.85. The van der Waals surface area contributed by atoms with Crippen LogP contribution in [0.1, 0.15) is 40.2 Å². The Hall–Kier alpha value is -2.34. The second kappa shape index (κ2) is 7.70. The van der Waals surface area contributed by atoms with Crippen LogP contribution in [0.3, 0.4) is 0 Å². The van der Waals surface area contributed by atoms with E-state index in [4.69, 9.17) is 16.7 Å².